The maximum absolute atomic E-state index is 5.94. The summed E-state index contributed by atoms with van der Waals surface area (Å²) in [6.07, 6.45) is 1.01. The van der Waals surface area contributed by atoms with Crippen molar-refractivity contribution in [3.63, 3.8) is 0 Å². The third-order valence-corrected chi connectivity index (χ3v) is 4.86. The highest BCUT2D eigenvalue weighted by Gasteiger charge is 2.13. The smallest absolute Gasteiger partial charge is 0.0931 e. The molecule has 1 atom stereocenters. The second-order valence-electron chi connectivity index (χ2n) is 3.70. The van der Waals surface area contributed by atoms with Crippen LogP contribution in [0.1, 0.15) is 20.7 Å². The Hall–Kier alpha value is -0.350. The number of halogens is 1. The third-order valence-electron chi connectivity index (χ3n) is 2.49. The molecule has 2 rings (SSSR count). The molecule has 1 nitrogen and oxygen atoms in total. The summed E-state index contributed by atoms with van der Waals surface area (Å²) in [5, 5.41) is 3.36. The number of nitrogens with one attached hydrogen (secondary N) is 1. The molecule has 0 bridgehead atoms. The molecule has 86 valence electrons. The zero-order valence-corrected chi connectivity index (χ0v) is 11.7. The lowest BCUT2D eigenvalue weighted by Crippen LogP contribution is -2.17. The molecule has 0 saturated heterocycles. The van der Waals surface area contributed by atoms with Crippen molar-refractivity contribution < 1.29 is 0 Å². The highest BCUT2D eigenvalue weighted by Crippen LogP contribution is 2.29. The summed E-state index contributed by atoms with van der Waals surface area (Å²) in [6, 6.07) is 8.85. The number of thiophene rings is 2. The molecule has 0 aliphatic carbocycles. The Labute approximate surface area is 109 Å². The first-order chi connectivity index (χ1) is 7.69. The van der Waals surface area contributed by atoms with Gasteiger partial charge in [0.2, 0.25) is 0 Å². The number of rotatable bonds is 4. The minimum absolute atomic E-state index is 0.397. The molecule has 2 heterocycles. The fourth-order valence-electron chi connectivity index (χ4n) is 1.65. The standard InChI is InChI=1S/C12H14ClNS2/c1-8-3-5-11(15-8)10(14-2)7-9-4-6-12(13)16-9/h3-6,10,14H,7H2,1-2H3. The van der Waals surface area contributed by atoms with Crippen LogP contribution in [0.3, 0.4) is 0 Å². The van der Waals surface area contributed by atoms with Crippen LogP contribution in [0.4, 0.5) is 0 Å². The number of hydrogen-bond acceptors (Lipinski definition) is 3. The van der Waals surface area contributed by atoms with E-state index in [-0.39, 0.29) is 0 Å². The second kappa shape index (κ2) is 5.32. The van der Waals surface area contributed by atoms with Crippen molar-refractivity contribution in [1.82, 2.24) is 5.32 Å². The van der Waals surface area contributed by atoms with Crippen molar-refractivity contribution in [2.24, 2.45) is 0 Å². The molecule has 0 aliphatic rings. The molecular weight excluding hydrogens is 258 g/mol. The number of hydrogen-bond donors (Lipinski definition) is 1. The van der Waals surface area contributed by atoms with Crippen LogP contribution < -0.4 is 5.32 Å². The Morgan fingerprint density at radius 1 is 1.25 bits per heavy atom. The van der Waals surface area contributed by atoms with Crippen LogP contribution in [0.5, 0.6) is 0 Å². The van der Waals surface area contributed by atoms with E-state index in [1.54, 1.807) is 11.3 Å². The maximum atomic E-state index is 5.94. The molecule has 0 fully saturated rings. The summed E-state index contributed by atoms with van der Waals surface area (Å²) in [6.45, 7) is 2.14. The van der Waals surface area contributed by atoms with Crippen LogP contribution in [-0.4, -0.2) is 7.05 Å². The summed E-state index contributed by atoms with van der Waals surface area (Å²) < 4.78 is 0.868. The van der Waals surface area contributed by atoms with Gasteiger partial charge in [0.15, 0.2) is 0 Å². The topological polar surface area (TPSA) is 12.0 Å². The van der Waals surface area contributed by atoms with Crippen molar-refractivity contribution in [1.29, 1.82) is 0 Å². The molecule has 2 aromatic rings. The van der Waals surface area contributed by atoms with Crippen molar-refractivity contribution in [3.05, 3.63) is 43.2 Å². The van der Waals surface area contributed by atoms with Crippen molar-refractivity contribution in [2.75, 3.05) is 7.05 Å². The van der Waals surface area contributed by atoms with Crippen LogP contribution in [-0.2, 0) is 6.42 Å². The highest BCUT2D eigenvalue weighted by molar-refractivity contribution is 7.16. The van der Waals surface area contributed by atoms with E-state index in [0.29, 0.717) is 6.04 Å². The van der Waals surface area contributed by atoms with Gasteiger partial charge >= 0.3 is 0 Å². The summed E-state index contributed by atoms with van der Waals surface area (Å²) in [7, 11) is 2.01. The number of aryl methyl sites for hydroxylation is 1. The average Bonchev–Trinajstić information content (AvgIpc) is 2.84. The van der Waals surface area contributed by atoms with Crippen LogP contribution in [0.2, 0.25) is 4.34 Å². The van der Waals surface area contributed by atoms with Gasteiger partial charge in [0.05, 0.1) is 4.34 Å². The largest absolute Gasteiger partial charge is 0.312 e. The molecule has 0 amide bonds. The van der Waals surface area contributed by atoms with Gasteiger partial charge in [0.25, 0.3) is 0 Å². The zero-order chi connectivity index (χ0) is 11.5. The van der Waals surface area contributed by atoms with E-state index in [9.17, 15) is 0 Å². The van der Waals surface area contributed by atoms with Crippen LogP contribution in [0.25, 0.3) is 0 Å². The van der Waals surface area contributed by atoms with E-state index in [0.717, 1.165) is 10.8 Å². The van der Waals surface area contributed by atoms with Gasteiger partial charge in [0, 0.05) is 27.1 Å². The first kappa shape index (κ1) is 12.1. The lowest BCUT2D eigenvalue weighted by molar-refractivity contribution is 0.607. The minimum Gasteiger partial charge on any atom is -0.312 e. The van der Waals surface area contributed by atoms with E-state index >= 15 is 0 Å². The summed E-state index contributed by atoms with van der Waals surface area (Å²) in [5.74, 6) is 0. The molecular formula is C12H14ClNS2. The Morgan fingerprint density at radius 3 is 2.56 bits per heavy atom. The fraction of sp³-hybridized carbons (Fsp3) is 0.333. The maximum Gasteiger partial charge on any atom is 0.0931 e. The van der Waals surface area contributed by atoms with Gasteiger partial charge in [0.1, 0.15) is 0 Å². The quantitative estimate of drug-likeness (QED) is 0.875. The molecule has 0 spiro atoms. The SMILES string of the molecule is CNC(Cc1ccc(Cl)s1)c1ccc(C)s1. The van der Waals surface area contributed by atoms with Crippen LogP contribution in [0, 0.1) is 6.92 Å². The minimum atomic E-state index is 0.397. The molecule has 0 saturated carbocycles. The lowest BCUT2D eigenvalue weighted by Gasteiger charge is -2.13. The van der Waals surface area contributed by atoms with E-state index in [4.69, 9.17) is 11.6 Å². The zero-order valence-electron chi connectivity index (χ0n) is 9.29. The summed E-state index contributed by atoms with van der Waals surface area (Å²) in [4.78, 5) is 4.08. The van der Waals surface area contributed by atoms with E-state index in [2.05, 4.69) is 30.4 Å². The molecule has 1 N–H and O–H groups in total. The molecule has 16 heavy (non-hydrogen) atoms. The molecule has 1 unspecified atom stereocenters. The predicted molar refractivity (Wildman–Crippen MR) is 73.9 cm³/mol. The van der Waals surface area contributed by atoms with Gasteiger partial charge in [-0.05, 0) is 38.2 Å². The highest BCUT2D eigenvalue weighted by atomic mass is 35.5. The first-order valence-electron chi connectivity index (χ1n) is 5.17. The molecule has 0 aliphatic heterocycles. The van der Waals surface area contributed by atoms with Gasteiger partial charge in [-0.1, -0.05) is 11.6 Å². The molecule has 0 radical (unpaired) electrons. The monoisotopic (exact) mass is 271 g/mol. The molecule has 0 aromatic carbocycles. The van der Waals surface area contributed by atoms with Gasteiger partial charge in [-0.3, -0.25) is 0 Å². The van der Waals surface area contributed by atoms with Crippen molar-refractivity contribution >= 4 is 34.3 Å². The molecule has 2 aromatic heterocycles. The second-order valence-corrected chi connectivity index (χ2v) is 6.82. The van der Waals surface area contributed by atoms with Gasteiger partial charge in [-0.2, -0.15) is 0 Å². The Morgan fingerprint density at radius 2 is 2.06 bits per heavy atom. The van der Waals surface area contributed by atoms with Gasteiger partial charge in [-0.25, -0.2) is 0 Å². The summed E-state index contributed by atoms with van der Waals surface area (Å²) >= 11 is 9.46. The predicted octanol–water partition coefficient (Wildman–Crippen LogP) is 4.27. The first-order valence-corrected chi connectivity index (χ1v) is 7.18. The normalized spacial score (nSPS) is 12.9. The van der Waals surface area contributed by atoms with Crippen LogP contribution in [0.15, 0.2) is 24.3 Å². The number of likely N-dealkylation sites (N-methyl/N-ethyl adjacent to an activating group) is 1. The lowest BCUT2D eigenvalue weighted by atomic mass is 10.1. The Kier molecular flexibility index (Phi) is 4.03. The van der Waals surface area contributed by atoms with Gasteiger partial charge in [-0.15, -0.1) is 22.7 Å². The summed E-state index contributed by atoms with van der Waals surface area (Å²) in [5.41, 5.74) is 0. The van der Waals surface area contributed by atoms with Crippen molar-refractivity contribution in [2.45, 2.75) is 19.4 Å². The van der Waals surface area contributed by atoms with E-state index in [1.165, 1.54) is 14.6 Å². The van der Waals surface area contributed by atoms with Crippen LogP contribution >= 0.6 is 34.3 Å². The fourth-order valence-corrected chi connectivity index (χ4v) is 3.77. The molecule has 4 heteroatoms. The van der Waals surface area contributed by atoms with Gasteiger partial charge < -0.3 is 5.32 Å². The Balaban J connectivity index is 2.12. The third kappa shape index (κ3) is 2.86. The van der Waals surface area contributed by atoms with E-state index in [1.807, 2.05) is 24.5 Å². The van der Waals surface area contributed by atoms with Crippen molar-refractivity contribution in [3.8, 4) is 0 Å². The average molecular weight is 272 g/mol. The Bertz CT molecular complexity index is 461. The van der Waals surface area contributed by atoms with E-state index < -0.39 is 0 Å².